The first-order valence-corrected chi connectivity index (χ1v) is 20.0. The van der Waals surface area contributed by atoms with Crippen molar-refractivity contribution in [3.05, 3.63) is 41.5 Å². The van der Waals surface area contributed by atoms with Gasteiger partial charge in [0.05, 0.1) is 45.2 Å². The molecule has 0 bridgehead atoms. The maximum atomic E-state index is 12.1. The van der Waals surface area contributed by atoms with Gasteiger partial charge in [-0.2, -0.15) is 0 Å². The van der Waals surface area contributed by atoms with E-state index >= 15 is 0 Å². The van der Waals surface area contributed by atoms with Crippen molar-refractivity contribution in [2.75, 3.05) is 20.3 Å². The van der Waals surface area contributed by atoms with Crippen molar-refractivity contribution < 1.29 is 28.6 Å². The van der Waals surface area contributed by atoms with Crippen LogP contribution in [0, 0.1) is 57.7 Å². The molecule has 0 amide bonds. The van der Waals surface area contributed by atoms with Crippen molar-refractivity contribution in [2.24, 2.45) is 57.7 Å². The van der Waals surface area contributed by atoms with Crippen LogP contribution in [0.4, 0.5) is 0 Å². The van der Waals surface area contributed by atoms with E-state index < -0.39 is 0 Å². The molecule has 5 aliphatic rings. The largest absolute Gasteiger partial charge is 0.497 e. The Balaban J connectivity index is 1.22. The van der Waals surface area contributed by atoms with Gasteiger partial charge in [-0.05, 0) is 121 Å². The lowest BCUT2D eigenvalue weighted by molar-refractivity contribution is -0.230. The number of aliphatic hydroxyl groups excluding tert-OH is 1. The molecule has 4 aliphatic carbocycles. The molecular formula is C42H67O6P. The van der Waals surface area contributed by atoms with Gasteiger partial charge in [0.15, 0.2) is 6.29 Å². The molecule has 1 saturated heterocycles. The van der Waals surface area contributed by atoms with E-state index in [0.717, 1.165) is 57.5 Å². The first-order chi connectivity index (χ1) is 23.3. The normalized spacial score (nSPS) is 37.8. The molecule has 6 rings (SSSR count). The average Bonchev–Trinajstić information content (AvgIpc) is 3.39. The van der Waals surface area contributed by atoms with Crippen molar-refractivity contribution in [1.29, 1.82) is 0 Å². The molecule has 6 nitrogen and oxygen atoms in total. The summed E-state index contributed by atoms with van der Waals surface area (Å²) in [4.78, 5) is 0. The second kappa shape index (κ2) is 15.2. The fraction of sp³-hybridized carbons (Fsp3) is 0.810. The summed E-state index contributed by atoms with van der Waals surface area (Å²) in [6, 6.07) is 8.34. The van der Waals surface area contributed by atoms with Gasteiger partial charge < -0.3 is 28.6 Å². The minimum Gasteiger partial charge on any atom is -0.497 e. The van der Waals surface area contributed by atoms with E-state index in [9.17, 15) is 5.11 Å². The van der Waals surface area contributed by atoms with Crippen LogP contribution in [0.1, 0.15) is 112 Å². The summed E-state index contributed by atoms with van der Waals surface area (Å²) in [5.74, 6) is 4.01. The van der Waals surface area contributed by atoms with Crippen molar-refractivity contribution in [3.8, 4) is 5.75 Å². The molecule has 7 heteroatoms. The number of fused-ring (bicyclic) bond motifs is 5. The van der Waals surface area contributed by atoms with E-state index in [4.69, 9.17) is 23.5 Å². The Bertz CT molecular complexity index is 1270. The van der Waals surface area contributed by atoms with E-state index in [0.29, 0.717) is 48.2 Å². The predicted molar refractivity (Wildman–Crippen MR) is 199 cm³/mol. The van der Waals surface area contributed by atoms with Crippen LogP contribution < -0.4 is 4.74 Å². The van der Waals surface area contributed by atoms with Crippen LogP contribution in [0.2, 0.25) is 0 Å². The van der Waals surface area contributed by atoms with Crippen LogP contribution in [0.3, 0.4) is 0 Å². The smallest absolute Gasteiger partial charge is 0.157 e. The highest BCUT2D eigenvalue weighted by molar-refractivity contribution is 7.09. The lowest BCUT2D eigenvalue weighted by atomic mass is 9.46. The van der Waals surface area contributed by atoms with Crippen LogP contribution in [0.5, 0.6) is 5.75 Å². The zero-order chi connectivity index (χ0) is 35.1. The molecule has 1 heterocycles. The quantitative estimate of drug-likeness (QED) is 0.173. The van der Waals surface area contributed by atoms with Crippen molar-refractivity contribution in [2.45, 2.75) is 137 Å². The number of benzene rings is 1. The lowest BCUT2D eigenvalue weighted by Crippen LogP contribution is -2.53. The molecule has 276 valence electrons. The summed E-state index contributed by atoms with van der Waals surface area (Å²) in [6.07, 6.45) is 12.2. The van der Waals surface area contributed by atoms with Crippen molar-refractivity contribution in [1.82, 2.24) is 0 Å². The zero-order valence-electron chi connectivity index (χ0n) is 31.8. The molecule has 12 unspecified atom stereocenters. The highest BCUT2D eigenvalue weighted by Crippen LogP contribution is 2.68. The molecule has 49 heavy (non-hydrogen) atoms. The van der Waals surface area contributed by atoms with E-state index in [-0.39, 0.29) is 40.7 Å². The maximum absolute atomic E-state index is 12.1. The number of rotatable bonds is 12. The van der Waals surface area contributed by atoms with Crippen LogP contribution >= 0.6 is 9.47 Å². The standard InChI is InChI=1S/C42H67O6P/c1-26(2)29(20-38-46-24-40(4,5)25-47-38)19-36(43)27(3)35-22-37(45-23-28-9-12-31(44-8)13-10-28)39-33-14-11-30-21-32(48-49)15-17-41(30,6)34(33)16-18-42(35,39)7/h9-13,26-27,29,32-39,43H,14-25,49H2,1-8H3. The van der Waals surface area contributed by atoms with Crippen LogP contribution in [0.15, 0.2) is 35.9 Å². The lowest BCUT2D eigenvalue weighted by Gasteiger charge is -2.59. The molecule has 0 spiro atoms. The van der Waals surface area contributed by atoms with Gasteiger partial charge >= 0.3 is 0 Å². The second-order valence-corrected chi connectivity index (χ2v) is 18.7. The SMILES string of the molecule is COc1ccc(COC2CC(C(C)C(O)CC(CC3OCC(C)(C)CO3)C(C)C)C3(C)CCC4C(CC=C5CC(OP)CCC54C)C23)cc1. The molecular weight excluding hydrogens is 631 g/mol. The van der Waals surface area contributed by atoms with Gasteiger partial charge in [-0.25, -0.2) is 0 Å². The summed E-state index contributed by atoms with van der Waals surface area (Å²) in [6.45, 7) is 18.5. The number of allylic oxidation sites excluding steroid dienone is 1. The molecule has 1 aliphatic heterocycles. The third-order valence-corrected chi connectivity index (χ3v) is 14.8. The Morgan fingerprint density at radius 3 is 2.37 bits per heavy atom. The topological polar surface area (TPSA) is 66.4 Å². The van der Waals surface area contributed by atoms with E-state index in [1.165, 1.54) is 24.8 Å². The minimum absolute atomic E-state index is 0.0624. The Morgan fingerprint density at radius 1 is 1.00 bits per heavy atom. The van der Waals surface area contributed by atoms with Gasteiger partial charge in [0.1, 0.15) is 5.75 Å². The average molecular weight is 699 g/mol. The van der Waals surface area contributed by atoms with Crippen molar-refractivity contribution in [3.63, 3.8) is 0 Å². The number of hydrogen-bond donors (Lipinski definition) is 1. The summed E-state index contributed by atoms with van der Waals surface area (Å²) in [7, 11) is 4.23. The highest BCUT2D eigenvalue weighted by atomic mass is 31.0. The summed E-state index contributed by atoms with van der Waals surface area (Å²) in [5.41, 5.74) is 3.27. The molecule has 3 saturated carbocycles. The number of methoxy groups -OCH3 is 1. The maximum Gasteiger partial charge on any atom is 0.157 e. The molecule has 12 atom stereocenters. The van der Waals surface area contributed by atoms with Gasteiger partial charge in [0.25, 0.3) is 0 Å². The summed E-state index contributed by atoms with van der Waals surface area (Å²) < 4.78 is 30.6. The van der Waals surface area contributed by atoms with Gasteiger partial charge in [-0.1, -0.05) is 72.2 Å². The minimum atomic E-state index is -0.370. The van der Waals surface area contributed by atoms with Crippen LogP contribution in [-0.2, 0) is 25.3 Å². The third kappa shape index (κ3) is 7.72. The van der Waals surface area contributed by atoms with Gasteiger partial charge in [0.2, 0.25) is 0 Å². The van der Waals surface area contributed by atoms with E-state index in [1.807, 2.05) is 12.1 Å². The van der Waals surface area contributed by atoms with Gasteiger partial charge in [-0.3, -0.25) is 0 Å². The van der Waals surface area contributed by atoms with Crippen LogP contribution in [0.25, 0.3) is 0 Å². The number of ether oxygens (including phenoxy) is 4. The summed E-state index contributed by atoms with van der Waals surface area (Å²) >= 11 is 0. The van der Waals surface area contributed by atoms with E-state index in [1.54, 1.807) is 12.7 Å². The predicted octanol–water partition coefficient (Wildman–Crippen LogP) is 9.39. The van der Waals surface area contributed by atoms with Gasteiger partial charge in [-0.15, -0.1) is 0 Å². The first-order valence-electron chi connectivity index (χ1n) is 19.5. The van der Waals surface area contributed by atoms with Crippen LogP contribution in [-0.4, -0.2) is 50.0 Å². The third-order valence-electron chi connectivity index (χ3n) is 14.4. The zero-order valence-corrected chi connectivity index (χ0v) is 32.9. The molecule has 1 N–H and O–H groups in total. The highest BCUT2D eigenvalue weighted by Gasteiger charge is 2.63. The first kappa shape index (κ1) is 37.7. The molecule has 0 aromatic heterocycles. The molecule has 0 radical (unpaired) electrons. The number of hydrogen-bond acceptors (Lipinski definition) is 6. The second-order valence-electron chi connectivity index (χ2n) is 18.4. The number of aliphatic hydroxyl groups is 1. The Morgan fingerprint density at radius 2 is 1.71 bits per heavy atom. The van der Waals surface area contributed by atoms with Gasteiger partial charge in [0, 0.05) is 21.3 Å². The molecule has 4 fully saturated rings. The van der Waals surface area contributed by atoms with E-state index in [2.05, 4.69) is 76.1 Å². The Kier molecular flexibility index (Phi) is 11.7. The van der Waals surface area contributed by atoms with Crippen molar-refractivity contribution >= 4 is 9.47 Å². The fourth-order valence-corrected chi connectivity index (χ4v) is 11.5. The Hall–Kier alpha value is -1.01. The summed E-state index contributed by atoms with van der Waals surface area (Å²) in [5, 5.41) is 12.1. The Labute approximate surface area is 300 Å². The molecule has 1 aromatic carbocycles. The fourth-order valence-electron chi connectivity index (χ4n) is 11.3. The molecule has 1 aromatic rings. The monoisotopic (exact) mass is 698 g/mol.